The molecule has 12 N–H and O–H groups in total. The molecule has 3 fully saturated rings. The Balaban J connectivity index is 0.000000321. The first-order valence-electron chi connectivity index (χ1n) is 10.0. The summed E-state index contributed by atoms with van der Waals surface area (Å²) in [6.07, 6.45) is -20.8. The van der Waals surface area contributed by atoms with E-state index in [1.165, 1.54) is 0 Å². The molecule has 0 saturated carbocycles. The number of aliphatic hydroxyl groups excluding tert-OH is 12. The lowest BCUT2D eigenvalue weighted by molar-refractivity contribution is -0.355. The van der Waals surface area contributed by atoms with Gasteiger partial charge in [-0.15, -0.1) is 0 Å². The Hall–Kier alpha value is -0.640. The fraction of sp³-hybridized carbons (Fsp3) is 1.00. The predicted octanol–water partition coefficient (Wildman–Crippen LogP) is -7.98. The van der Waals surface area contributed by atoms with Crippen LogP contribution in [0, 0.1) is 0 Å². The van der Waals surface area contributed by atoms with Crippen molar-refractivity contribution in [3.63, 3.8) is 0 Å². The highest BCUT2D eigenvalue weighted by atomic mass is 16.7. The Morgan fingerprint density at radius 1 is 0.576 bits per heavy atom. The zero-order valence-electron chi connectivity index (χ0n) is 17.2. The molecule has 16 heteroatoms. The van der Waals surface area contributed by atoms with Crippen LogP contribution in [0.2, 0.25) is 0 Å². The molecule has 16 nitrogen and oxygen atoms in total. The van der Waals surface area contributed by atoms with Crippen LogP contribution in [0.25, 0.3) is 0 Å². The van der Waals surface area contributed by atoms with Crippen LogP contribution in [0.4, 0.5) is 0 Å². The molecule has 0 spiro atoms. The minimum atomic E-state index is -1.74. The van der Waals surface area contributed by atoms with Gasteiger partial charge in [-0.05, 0) is 0 Å². The summed E-state index contributed by atoms with van der Waals surface area (Å²) in [5.74, 6) is 0. The molecule has 14 atom stereocenters. The van der Waals surface area contributed by atoms with Gasteiger partial charge in [0.05, 0.1) is 19.8 Å². The zero-order chi connectivity index (χ0) is 25.0. The normalized spacial score (nSPS) is 50.9. The molecular weight excluding hydrogens is 460 g/mol. The van der Waals surface area contributed by atoms with Crippen molar-refractivity contribution in [3.8, 4) is 0 Å². The summed E-state index contributed by atoms with van der Waals surface area (Å²) in [7, 11) is 0. The van der Waals surface area contributed by atoms with Crippen LogP contribution in [0.5, 0.6) is 0 Å². The highest BCUT2D eigenvalue weighted by molar-refractivity contribution is 4.93. The number of hydrogen-bond donors (Lipinski definition) is 12. The summed E-state index contributed by atoms with van der Waals surface area (Å²) in [4.78, 5) is 0. The van der Waals surface area contributed by atoms with Gasteiger partial charge < -0.3 is 80.2 Å². The van der Waals surface area contributed by atoms with Crippen molar-refractivity contribution in [3.05, 3.63) is 0 Å². The van der Waals surface area contributed by atoms with Gasteiger partial charge in [-0.1, -0.05) is 0 Å². The van der Waals surface area contributed by atoms with E-state index in [0.717, 1.165) is 0 Å². The van der Waals surface area contributed by atoms with Gasteiger partial charge in [0.15, 0.2) is 18.9 Å². The lowest BCUT2D eigenvalue weighted by atomic mass is 9.97. The van der Waals surface area contributed by atoms with Gasteiger partial charge in [-0.2, -0.15) is 0 Å². The van der Waals surface area contributed by atoms with E-state index in [-0.39, 0.29) is 6.61 Å². The molecule has 3 aliphatic heterocycles. The fourth-order valence-electron chi connectivity index (χ4n) is 3.36. The van der Waals surface area contributed by atoms with Gasteiger partial charge >= 0.3 is 0 Å². The van der Waals surface area contributed by atoms with Crippen LogP contribution in [0.1, 0.15) is 0 Å². The lowest BCUT2D eigenvalue weighted by Crippen LogP contribution is -2.64. The molecule has 0 aliphatic carbocycles. The SMILES string of the molecule is OC1OC[C@@H](O)[C@H](O)[C@H]1O.OC[C@H]1O[C@H](O[C@H]2[C@H](O)[C@@H](O)[C@H](O)O[C@@H]2CO)[C@H](O)[C@@H](O)[C@@H]1O. The first-order chi connectivity index (χ1) is 15.4. The second-order valence-corrected chi connectivity index (χ2v) is 7.80. The third-order valence-electron chi connectivity index (χ3n) is 5.45. The maximum absolute atomic E-state index is 9.94. The molecular formula is C17H32O16. The summed E-state index contributed by atoms with van der Waals surface area (Å²) < 4.78 is 19.7. The molecule has 0 aromatic carbocycles. The topological polar surface area (TPSA) is 280 Å². The van der Waals surface area contributed by atoms with Gasteiger partial charge in [-0.3, -0.25) is 0 Å². The highest BCUT2D eigenvalue weighted by Gasteiger charge is 2.50. The zero-order valence-corrected chi connectivity index (χ0v) is 17.2. The summed E-state index contributed by atoms with van der Waals surface area (Å²) in [5.41, 5.74) is 0. The van der Waals surface area contributed by atoms with Crippen molar-refractivity contribution < 1.29 is 80.2 Å². The fourth-order valence-corrected chi connectivity index (χ4v) is 3.36. The third-order valence-corrected chi connectivity index (χ3v) is 5.45. The second kappa shape index (κ2) is 12.4. The Morgan fingerprint density at radius 2 is 1.15 bits per heavy atom. The van der Waals surface area contributed by atoms with Crippen molar-refractivity contribution in [1.29, 1.82) is 0 Å². The maximum atomic E-state index is 9.94. The lowest BCUT2D eigenvalue weighted by Gasteiger charge is -2.45. The van der Waals surface area contributed by atoms with E-state index in [1.807, 2.05) is 0 Å². The minimum absolute atomic E-state index is 0.153. The molecule has 0 aromatic rings. The molecule has 3 saturated heterocycles. The van der Waals surface area contributed by atoms with Crippen molar-refractivity contribution in [2.24, 2.45) is 0 Å². The monoisotopic (exact) mass is 492 g/mol. The van der Waals surface area contributed by atoms with Crippen LogP contribution < -0.4 is 0 Å². The van der Waals surface area contributed by atoms with Crippen molar-refractivity contribution >= 4 is 0 Å². The number of hydrogen-bond acceptors (Lipinski definition) is 16. The Labute approximate surface area is 187 Å². The van der Waals surface area contributed by atoms with Crippen molar-refractivity contribution in [2.45, 2.75) is 86.0 Å². The van der Waals surface area contributed by atoms with Gasteiger partial charge in [0.1, 0.15) is 67.1 Å². The van der Waals surface area contributed by atoms with E-state index in [0.29, 0.717) is 0 Å². The smallest absolute Gasteiger partial charge is 0.187 e. The summed E-state index contributed by atoms with van der Waals surface area (Å²) >= 11 is 0. The van der Waals surface area contributed by atoms with Crippen LogP contribution in [-0.4, -0.2) is 167 Å². The molecule has 0 bridgehead atoms. The van der Waals surface area contributed by atoms with Crippen LogP contribution in [0.3, 0.4) is 0 Å². The molecule has 0 aromatic heterocycles. The third kappa shape index (κ3) is 6.53. The average molecular weight is 492 g/mol. The van der Waals surface area contributed by atoms with E-state index in [4.69, 9.17) is 39.7 Å². The average Bonchev–Trinajstić information content (AvgIpc) is 2.80. The first kappa shape index (κ1) is 28.6. The van der Waals surface area contributed by atoms with Crippen molar-refractivity contribution in [2.75, 3.05) is 19.8 Å². The molecule has 3 rings (SSSR count). The molecule has 1 unspecified atom stereocenters. The summed E-state index contributed by atoms with van der Waals surface area (Å²) in [5, 5.41) is 112. The molecule has 196 valence electrons. The van der Waals surface area contributed by atoms with Crippen LogP contribution >= 0.6 is 0 Å². The Kier molecular flexibility index (Phi) is 10.7. The Morgan fingerprint density at radius 3 is 1.70 bits per heavy atom. The standard InChI is InChI=1S/C12H22O11.C5H10O5/c13-1-3-5(15)6(16)9(19)12(22-3)23-10-4(2-14)21-11(20)8(18)7(10)17;6-2-1-10-5(9)4(8)3(2)7/h3-20H,1-2H2;2-9H,1H2/t3-,4-,5-,6+,7-,8-,9-,10-,11-,12-;2-,3+,4-,5?/m11/s1. The molecule has 0 amide bonds. The van der Waals surface area contributed by atoms with E-state index in [1.54, 1.807) is 0 Å². The van der Waals surface area contributed by atoms with Crippen LogP contribution in [0.15, 0.2) is 0 Å². The summed E-state index contributed by atoms with van der Waals surface area (Å²) in [6.45, 7) is -1.50. The number of rotatable bonds is 4. The van der Waals surface area contributed by atoms with E-state index in [9.17, 15) is 35.7 Å². The highest BCUT2D eigenvalue weighted by Crippen LogP contribution is 2.28. The number of aliphatic hydroxyl groups is 12. The van der Waals surface area contributed by atoms with Crippen LogP contribution in [-0.2, 0) is 18.9 Å². The quantitative estimate of drug-likeness (QED) is 0.173. The van der Waals surface area contributed by atoms with E-state index in [2.05, 4.69) is 4.74 Å². The molecule has 3 aliphatic rings. The maximum Gasteiger partial charge on any atom is 0.187 e. The predicted molar refractivity (Wildman–Crippen MR) is 98.6 cm³/mol. The molecule has 0 radical (unpaired) electrons. The molecule has 3 heterocycles. The van der Waals surface area contributed by atoms with Gasteiger partial charge in [-0.25, -0.2) is 0 Å². The van der Waals surface area contributed by atoms with E-state index < -0.39 is 99.2 Å². The second-order valence-electron chi connectivity index (χ2n) is 7.80. The first-order valence-corrected chi connectivity index (χ1v) is 10.0. The van der Waals surface area contributed by atoms with Gasteiger partial charge in [0.2, 0.25) is 0 Å². The minimum Gasteiger partial charge on any atom is -0.394 e. The van der Waals surface area contributed by atoms with Gasteiger partial charge in [0, 0.05) is 0 Å². The Bertz CT molecular complexity index is 565. The largest absolute Gasteiger partial charge is 0.394 e. The number of ether oxygens (including phenoxy) is 4. The van der Waals surface area contributed by atoms with Gasteiger partial charge in [0.25, 0.3) is 0 Å². The van der Waals surface area contributed by atoms with E-state index >= 15 is 0 Å². The summed E-state index contributed by atoms with van der Waals surface area (Å²) in [6, 6.07) is 0. The molecule has 33 heavy (non-hydrogen) atoms. The van der Waals surface area contributed by atoms with Crippen molar-refractivity contribution in [1.82, 2.24) is 0 Å².